The summed E-state index contributed by atoms with van der Waals surface area (Å²) in [6.07, 6.45) is 2.49. The zero-order valence-electron chi connectivity index (χ0n) is 18.1. The maximum absolute atomic E-state index is 12.4. The molecule has 0 radical (unpaired) electrons. The highest BCUT2D eigenvalue weighted by Crippen LogP contribution is 2.29. The minimum Gasteiger partial charge on any atom is -0.489 e. The van der Waals surface area contributed by atoms with Gasteiger partial charge in [0, 0.05) is 37.1 Å². The maximum Gasteiger partial charge on any atom is 0.276 e. The summed E-state index contributed by atoms with van der Waals surface area (Å²) in [7, 11) is 0. The van der Waals surface area contributed by atoms with Gasteiger partial charge < -0.3 is 4.74 Å². The van der Waals surface area contributed by atoms with Gasteiger partial charge in [0.25, 0.3) is 5.91 Å². The van der Waals surface area contributed by atoms with Crippen LogP contribution in [-0.2, 0) is 26.1 Å². The molecule has 7 heteroatoms. The standard InChI is InChI=1S/C26H24N4O2S/c31-25(23-8-4-5-14-27-23)29-26-28-22-13-15-30(17-24(22)33-26)16-19-9-11-21(12-10-19)32-18-20-6-2-1-3-7-20/h1-12,14H,13,15-18H2,(H,28,29,31). The second-order valence-electron chi connectivity index (χ2n) is 7.94. The predicted octanol–water partition coefficient (Wildman–Crippen LogP) is 4.93. The number of carbonyl (C=O) groups is 1. The molecule has 0 spiro atoms. The van der Waals surface area contributed by atoms with E-state index in [4.69, 9.17) is 4.74 Å². The Morgan fingerprint density at radius 3 is 2.61 bits per heavy atom. The summed E-state index contributed by atoms with van der Waals surface area (Å²) in [5, 5.41) is 3.52. The molecule has 0 aliphatic carbocycles. The summed E-state index contributed by atoms with van der Waals surface area (Å²) in [6.45, 7) is 3.21. The fraction of sp³-hybridized carbons (Fsp3) is 0.192. The van der Waals surface area contributed by atoms with Crippen LogP contribution in [0.15, 0.2) is 79.0 Å². The molecule has 4 aromatic rings. The SMILES string of the molecule is O=C(Nc1nc2c(s1)CN(Cc1ccc(OCc3ccccc3)cc1)CC2)c1ccccn1. The highest BCUT2D eigenvalue weighted by Gasteiger charge is 2.22. The van der Waals surface area contributed by atoms with Gasteiger partial charge in [-0.2, -0.15) is 0 Å². The summed E-state index contributed by atoms with van der Waals surface area (Å²) in [5.74, 6) is 0.646. The number of anilines is 1. The van der Waals surface area contributed by atoms with E-state index < -0.39 is 0 Å². The van der Waals surface area contributed by atoms with Crippen LogP contribution < -0.4 is 10.1 Å². The van der Waals surface area contributed by atoms with Gasteiger partial charge in [0.05, 0.1) is 5.69 Å². The normalized spacial score (nSPS) is 13.3. The number of aromatic nitrogens is 2. The van der Waals surface area contributed by atoms with Crippen molar-refractivity contribution in [1.82, 2.24) is 14.9 Å². The first-order chi connectivity index (χ1) is 16.2. The second-order valence-corrected chi connectivity index (χ2v) is 9.02. The number of thiazole rings is 1. The van der Waals surface area contributed by atoms with Crippen LogP contribution in [0.1, 0.15) is 32.2 Å². The predicted molar refractivity (Wildman–Crippen MR) is 129 cm³/mol. The molecule has 0 unspecified atom stereocenters. The Morgan fingerprint density at radius 2 is 1.82 bits per heavy atom. The second kappa shape index (κ2) is 9.94. The lowest BCUT2D eigenvalue weighted by atomic mass is 10.1. The third kappa shape index (κ3) is 5.45. The first-order valence-electron chi connectivity index (χ1n) is 10.9. The number of hydrogen-bond donors (Lipinski definition) is 1. The van der Waals surface area contributed by atoms with E-state index in [0.717, 1.165) is 43.1 Å². The first-order valence-corrected chi connectivity index (χ1v) is 11.7. The molecule has 1 aliphatic heterocycles. The van der Waals surface area contributed by atoms with Gasteiger partial charge >= 0.3 is 0 Å². The van der Waals surface area contributed by atoms with Gasteiger partial charge in [-0.25, -0.2) is 4.98 Å². The number of nitrogens with zero attached hydrogens (tertiary/aromatic N) is 3. The number of benzene rings is 2. The van der Waals surface area contributed by atoms with E-state index in [1.165, 1.54) is 10.4 Å². The van der Waals surface area contributed by atoms with E-state index in [-0.39, 0.29) is 5.91 Å². The number of fused-ring (bicyclic) bond motifs is 1. The van der Waals surface area contributed by atoms with E-state index in [1.54, 1.807) is 35.7 Å². The third-order valence-corrected chi connectivity index (χ3v) is 6.50. The van der Waals surface area contributed by atoms with E-state index >= 15 is 0 Å². The van der Waals surface area contributed by atoms with Gasteiger partial charge in [0.15, 0.2) is 5.13 Å². The average molecular weight is 457 g/mol. The molecule has 166 valence electrons. The zero-order valence-corrected chi connectivity index (χ0v) is 18.9. The van der Waals surface area contributed by atoms with Crippen molar-refractivity contribution in [1.29, 1.82) is 0 Å². The van der Waals surface area contributed by atoms with Crippen molar-refractivity contribution in [3.8, 4) is 5.75 Å². The highest BCUT2D eigenvalue weighted by molar-refractivity contribution is 7.15. The van der Waals surface area contributed by atoms with Crippen LogP contribution in [0.2, 0.25) is 0 Å². The average Bonchev–Trinajstić information content (AvgIpc) is 3.26. The molecule has 0 saturated heterocycles. The topological polar surface area (TPSA) is 67.4 Å². The van der Waals surface area contributed by atoms with Gasteiger partial charge in [-0.15, -0.1) is 11.3 Å². The van der Waals surface area contributed by atoms with Crippen LogP contribution in [0.3, 0.4) is 0 Å². The Balaban J connectivity index is 1.15. The van der Waals surface area contributed by atoms with Crippen molar-refractivity contribution in [3.63, 3.8) is 0 Å². The van der Waals surface area contributed by atoms with E-state index in [2.05, 4.69) is 44.5 Å². The van der Waals surface area contributed by atoms with E-state index in [1.807, 2.05) is 30.3 Å². The fourth-order valence-electron chi connectivity index (χ4n) is 3.79. The van der Waals surface area contributed by atoms with Gasteiger partial charge in [-0.05, 0) is 35.4 Å². The minimum absolute atomic E-state index is 0.229. The number of carbonyl (C=O) groups excluding carboxylic acids is 1. The molecule has 1 N–H and O–H groups in total. The fourth-order valence-corrected chi connectivity index (χ4v) is 4.83. The van der Waals surface area contributed by atoms with E-state index in [9.17, 15) is 4.79 Å². The number of rotatable bonds is 7. The van der Waals surface area contributed by atoms with Crippen molar-refractivity contribution in [3.05, 3.63) is 106 Å². The molecule has 2 aromatic heterocycles. The first kappa shape index (κ1) is 21.3. The molecule has 0 bridgehead atoms. The molecule has 6 nitrogen and oxygen atoms in total. The van der Waals surface area contributed by atoms with Crippen LogP contribution in [0.5, 0.6) is 5.75 Å². The van der Waals surface area contributed by atoms with Crippen molar-refractivity contribution < 1.29 is 9.53 Å². The summed E-state index contributed by atoms with van der Waals surface area (Å²) in [5.41, 5.74) is 3.88. The number of amides is 1. The zero-order chi connectivity index (χ0) is 22.5. The summed E-state index contributed by atoms with van der Waals surface area (Å²) in [6, 6.07) is 23.8. The summed E-state index contributed by atoms with van der Waals surface area (Å²) in [4.78, 5) is 24.7. The van der Waals surface area contributed by atoms with Crippen LogP contribution in [0, 0.1) is 0 Å². The van der Waals surface area contributed by atoms with Gasteiger partial charge in [0.1, 0.15) is 18.1 Å². The molecule has 2 aromatic carbocycles. The van der Waals surface area contributed by atoms with Gasteiger partial charge in [0.2, 0.25) is 0 Å². The van der Waals surface area contributed by atoms with Gasteiger partial charge in [-0.1, -0.05) is 48.5 Å². The molecule has 1 amide bonds. The molecule has 33 heavy (non-hydrogen) atoms. The number of ether oxygens (including phenoxy) is 1. The van der Waals surface area contributed by atoms with E-state index in [0.29, 0.717) is 17.4 Å². The molecule has 1 aliphatic rings. The number of pyridine rings is 1. The quantitative estimate of drug-likeness (QED) is 0.427. The van der Waals surface area contributed by atoms with Crippen molar-refractivity contribution in [2.75, 3.05) is 11.9 Å². The Kier molecular flexibility index (Phi) is 6.41. The highest BCUT2D eigenvalue weighted by atomic mass is 32.1. The van der Waals surface area contributed by atoms with Crippen molar-refractivity contribution >= 4 is 22.4 Å². The van der Waals surface area contributed by atoms with Crippen molar-refractivity contribution in [2.45, 2.75) is 26.1 Å². The summed E-state index contributed by atoms with van der Waals surface area (Å²) >= 11 is 1.55. The Labute approximate surface area is 196 Å². The van der Waals surface area contributed by atoms with Crippen LogP contribution in [0.25, 0.3) is 0 Å². The van der Waals surface area contributed by atoms with Crippen molar-refractivity contribution in [2.24, 2.45) is 0 Å². The lowest BCUT2D eigenvalue weighted by molar-refractivity contribution is 0.102. The Bertz CT molecular complexity index is 1210. The van der Waals surface area contributed by atoms with Crippen LogP contribution in [-0.4, -0.2) is 27.3 Å². The van der Waals surface area contributed by atoms with Crippen LogP contribution in [0.4, 0.5) is 5.13 Å². The minimum atomic E-state index is -0.229. The summed E-state index contributed by atoms with van der Waals surface area (Å²) < 4.78 is 5.89. The number of nitrogens with one attached hydrogen (secondary N) is 1. The molecular weight excluding hydrogens is 432 g/mol. The number of hydrogen-bond acceptors (Lipinski definition) is 6. The lowest BCUT2D eigenvalue weighted by Crippen LogP contribution is -2.29. The molecule has 0 atom stereocenters. The molecule has 5 rings (SSSR count). The molecule has 3 heterocycles. The molecule has 0 saturated carbocycles. The lowest BCUT2D eigenvalue weighted by Gasteiger charge is -2.25. The monoisotopic (exact) mass is 456 g/mol. The smallest absolute Gasteiger partial charge is 0.276 e. The van der Waals surface area contributed by atoms with Crippen LogP contribution >= 0.6 is 11.3 Å². The largest absolute Gasteiger partial charge is 0.489 e. The Hall–Kier alpha value is -3.55. The Morgan fingerprint density at radius 1 is 1.00 bits per heavy atom. The molecular formula is C26H24N4O2S. The third-order valence-electron chi connectivity index (χ3n) is 5.51. The molecule has 0 fully saturated rings. The van der Waals surface area contributed by atoms with Gasteiger partial charge in [-0.3, -0.25) is 20.0 Å². The maximum atomic E-state index is 12.4.